The van der Waals surface area contributed by atoms with Crippen molar-refractivity contribution in [2.45, 2.75) is 39.2 Å². The van der Waals surface area contributed by atoms with Gasteiger partial charge in [0.15, 0.2) is 6.10 Å². The van der Waals surface area contributed by atoms with E-state index in [-0.39, 0.29) is 11.8 Å². The van der Waals surface area contributed by atoms with Gasteiger partial charge < -0.3 is 15.2 Å². The summed E-state index contributed by atoms with van der Waals surface area (Å²) in [7, 11) is 0. The van der Waals surface area contributed by atoms with Crippen molar-refractivity contribution in [1.29, 1.82) is 0 Å². The minimum absolute atomic E-state index is 0.163. The summed E-state index contributed by atoms with van der Waals surface area (Å²) in [6.07, 6.45) is 1.24. The third-order valence-corrected chi connectivity index (χ3v) is 3.22. The van der Waals surface area contributed by atoms with Crippen LogP contribution in [-0.4, -0.2) is 29.6 Å². The summed E-state index contributed by atoms with van der Waals surface area (Å²) >= 11 is 0. The van der Waals surface area contributed by atoms with E-state index in [2.05, 4.69) is 5.32 Å². The zero-order chi connectivity index (χ0) is 15.7. The van der Waals surface area contributed by atoms with Crippen LogP contribution in [0.15, 0.2) is 30.3 Å². The van der Waals surface area contributed by atoms with Gasteiger partial charge >= 0.3 is 5.97 Å². The number of para-hydroxylation sites is 1. The Labute approximate surface area is 125 Å². The molecule has 0 spiro atoms. The highest BCUT2D eigenvalue weighted by atomic mass is 16.5. The van der Waals surface area contributed by atoms with Gasteiger partial charge in [-0.3, -0.25) is 9.59 Å². The molecule has 0 aliphatic carbocycles. The van der Waals surface area contributed by atoms with Gasteiger partial charge in [0.05, 0.1) is 5.92 Å². The van der Waals surface area contributed by atoms with E-state index in [0.717, 1.165) is 0 Å². The number of nitrogens with one attached hydrogen (secondary N) is 1. The number of carbonyl (C=O) groups excluding carboxylic acids is 1. The highest BCUT2D eigenvalue weighted by Gasteiger charge is 2.18. The van der Waals surface area contributed by atoms with E-state index in [0.29, 0.717) is 31.6 Å². The van der Waals surface area contributed by atoms with Crippen LogP contribution in [0.2, 0.25) is 0 Å². The maximum absolute atomic E-state index is 12.0. The molecule has 116 valence electrons. The van der Waals surface area contributed by atoms with Crippen molar-refractivity contribution in [3.63, 3.8) is 0 Å². The van der Waals surface area contributed by atoms with Gasteiger partial charge in [0.25, 0.3) is 5.91 Å². The number of ether oxygens (including phenoxy) is 1. The second kappa shape index (κ2) is 9.00. The van der Waals surface area contributed by atoms with Gasteiger partial charge in [0, 0.05) is 6.54 Å². The molecule has 1 aromatic rings. The molecule has 0 bridgehead atoms. The Morgan fingerprint density at radius 3 is 2.52 bits per heavy atom. The van der Waals surface area contributed by atoms with Crippen LogP contribution in [0, 0.1) is 5.92 Å². The van der Waals surface area contributed by atoms with Crippen LogP contribution in [0.4, 0.5) is 0 Å². The van der Waals surface area contributed by atoms with E-state index >= 15 is 0 Å². The van der Waals surface area contributed by atoms with Gasteiger partial charge in [-0.1, -0.05) is 32.0 Å². The molecular formula is C16H23NO4. The third kappa shape index (κ3) is 6.29. The predicted molar refractivity (Wildman–Crippen MR) is 80.2 cm³/mol. The molecule has 0 radical (unpaired) electrons. The minimum Gasteiger partial charge on any atom is -0.481 e. The first-order valence-electron chi connectivity index (χ1n) is 7.26. The van der Waals surface area contributed by atoms with Crippen molar-refractivity contribution in [3.8, 4) is 5.75 Å². The number of benzene rings is 1. The second-order valence-corrected chi connectivity index (χ2v) is 5.00. The number of aliphatic carboxylic acids is 1. The van der Waals surface area contributed by atoms with Crippen LogP contribution >= 0.6 is 0 Å². The Bertz CT molecular complexity index is 447. The summed E-state index contributed by atoms with van der Waals surface area (Å²) in [6, 6.07) is 9.22. The van der Waals surface area contributed by atoms with E-state index in [1.165, 1.54) is 0 Å². The normalized spacial score (nSPS) is 13.2. The number of carbonyl (C=O) groups is 2. The van der Waals surface area contributed by atoms with E-state index in [1.54, 1.807) is 6.92 Å². The molecule has 0 aliphatic rings. The van der Waals surface area contributed by atoms with Crippen molar-refractivity contribution >= 4 is 11.9 Å². The van der Waals surface area contributed by atoms with Crippen molar-refractivity contribution < 1.29 is 19.4 Å². The zero-order valence-corrected chi connectivity index (χ0v) is 12.5. The number of hydrogen-bond donors (Lipinski definition) is 2. The molecule has 21 heavy (non-hydrogen) atoms. The van der Waals surface area contributed by atoms with Crippen LogP contribution in [0.1, 0.15) is 33.1 Å². The Balaban J connectivity index is 2.33. The zero-order valence-electron chi connectivity index (χ0n) is 12.5. The van der Waals surface area contributed by atoms with Crippen LogP contribution in [0.3, 0.4) is 0 Å². The fourth-order valence-corrected chi connectivity index (χ4v) is 1.84. The molecule has 0 heterocycles. The van der Waals surface area contributed by atoms with Crippen LogP contribution < -0.4 is 10.1 Å². The van der Waals surface area contributed by atoms with Crippen LogP contribution in [0.5, 0.6) is 5.75 Å². The second-order valence-electron chi connectivity index (χ2n) is 5.00. The summed E-state index contributed by atoms with van der Waals surface area (Å²) in [4.78, 5) is 22.7. The standard InChI is InChI=1S/C16H23NO4/c1-3-14(21-13-9-5-4-6-10-13)15(18)17-11-7-8-12(2)16(19)20/h4-6,9-10,12,14H,3,7-8,11H2,1-2H3,(H,17,18)(H,19,20). The molecule has 1 rings (SSSR count). The van der Waals surface area contributed by atoms with Crippen LogP contribution in [-0.2, 0) is 9.59 Å². The lowest BCUT2D eigenvalue weighted by atomic mass is 10.1. The lowest BCUT2D eigenvalue weighted by Crippen LogP contribution is -2.38. The average Bonchev–Trinajstić information content (AvgIpc) is 2.49. The van der Waals surface area contributed by atoms with Crippen molar-refractivity contribution in [2.75, 3.05) is 6.54 Å². The number of carboxylic acids is 1. The van der Waals surface area contributed by atoms with Crippen LogP contribution in [0.25, 0.3) is 0 Å². The molecule has 2 unspecified atom stereocenters. The average molecular weight is 293 g/mol. The SMILES string of the molecule is CCC(Oc1ccccc1)C(=O)NCCCC(C)C(=O)O. The Morgan fingerprint density at radius 2 is 1.95 bits per heavy atom. The molecule has 0 aromatic heterocycles. The molecule has 2 N–H and O–H groups in total. The summed E-state index contributed by atoms with van der Waals surface area (Å²) < 4.78 is 5.64. The number of rotatable bonds is 9. The minimum atomic E-state index is -0.805. The first kappa shape index (κ1) is 17.0. The first-order chi connectivity index (χ1) is 10.0. The Kier molecular flexibility index (Phi) is 7.29. The molecule has 0 saturated carbocycles. The summed E-state index contributed by atoms with van der Waals surface area (Å²) in [5.41, 5.74) is 0. The van der Waals surface area contributed by atoms with Crippen molar-refractivity contribution in [1.82, 2.24) is 5.32 Å². The molecule has 1 aromatic carbocycles. The molecule has 0 saturated heterocycles. The third-order valence-electron chi connectivity index (χ3n) is 3.22. The van der Waals surface area contributed by atoms with Crippen molar-refractivity contribution in [2.24, 2.45) is 5.92 Å². The molecule has 1 amide bonds. The van der Waals surface area contributed by atoms with E-state index in [4.69, 9.17) is 9.84 Å². The maximum atomic E-state index is 12.0. The monoisotopic (exact) mass is 293 g/mol. The van der Waals surface area contributed by atoms with Crippen molar-refractivity contribution in [3.05, 3.63) is 30.3 Å². The lowest BCUT2D eigenvalue weighted by Gasteiger charge is -2.17. The summed E-state index contributed by atoms with van der Waals surface area (Å²) in [5.74, 6) is -0.687. The molecule has 0 aliphatic heterocycles. The first-order valence-corrected chi connectivity index (χ1v) is 7.26. The topological polar surface area (TPSA) is 75.6 Å². The molecule has 0 fully saturated rings. The summed E-state index contributed by atoms with van der Waals surface area (Å²) in [6.45, 7) is 4.02. The quantitative estimate of drug-likeness (QED) is 0.686. The van der Waals surface area contributed by atoms with E-state index in [1.807, 2.05) is 37.3 Å². The molecule has 2 atom stereocenters. The Hall–Kier alpha value is -2.04. The number of hydrogen-bond acceptors (Lipinski definition) is 3. The smallest absolute Gasteiger partial charge is 0.306 e. The summed E-state index contributed by atoms with van der Waals surface area (Å²) in [5, 5.41) is 11.6. The highest BCUT2D eigenvalue weighted by molar-refractivity contribution is 5.81. The largest absolute Gasteiger partial charge is 0.481 e. The maximum Gasteiger partial charge on any atom is 0.306 e. The highest BCUT2D eigenvalue weighted by Crippen LogP contribution is 2.12. The fourth-order valence-electron chi connectivity index (χ4n) is 1.84. The van der Waals surface area contributed by atoms with Gasteiger partial charge in [0.1, 0.15) is 5.75 Å². The molecular weight excluding hydrogens is 270 g/mol. The fraction of sp³-hybridized carbons (Fsp3) is 0.500. The lowest BCUT2D eigenvalue weighted by molar-refractivity contribution is -0.141. The van der Waals surface area contributed by atoms with E-state index in [9.17, 15) is 9.59 Å². The molecule has 5 nitrogen and oxygen atoms in total. The molecule has 5 heteroatoms. The van der Waals surface area contributed by atoms with Gasteiger partial charge in [0.2, 0.25) is 0 Å². The van der Waals surface area contributed by atoms with E-state index < -0.39 is 12.1 Å². The van der Waals surface area contributed by atoms with Gasteiger partial charge in [-0.15, -0.1) is 0 Å². The van der Waals surface area contributed by atoms with Gasteiger partial charge in [-0.25, -0.2) is 0 Å². The predicted octanol–water partition coefficient (Wildman–Crippen LogP) is 2.46. The number of amides is 1. The van der Waals surface area contributed by atoms with Gasteiger partial charge in [-0.2, -0.15) is 0 Å². The van der Waals surface area contributed by atoms with Gasteiger partial charge in [-0.05, 0) is 31.4 Å². The Morgan fingerprint density at radius 1 is 1.29 bits per heavy atom. The number of carboxylic acid groups (broad SMARTS) is 1.